The van der Waals surface area contributed by atoms with E-state index in [0.717, 1.165) is 0 Å². The summed E-state index contributed by atoms with van der Waals surface area (Å²) in [7, 11) is 0. The number of rotatable bonds is 7. The van der Waals surface area contributed by atoms with E-state index in [2.05, 4.69) is 38.6 Å². The first-order chi connectivity index (χ1) is 7.83. The van der Waals surface area contributed by atoms with Gasteiger partial charge in [-0.1, -0.05) is 57.5 Å². The second-order valence-corrected chi connectivity index (χ2v) is 4.40. The third-order valence-corrected chi connectivity index (χ3v) is 3.09. The highest BCUT2D eigenvalue weighted by Crippen LogP contribution is 2.20. The van der Waals surface area contributed by atoms with Gasteiger partial charge >= 0.3 is 0 Å². The van der Waals surface area contributed by atoms with Gasteiger partial charge in [-0.15, -0.1) is 0 Å². The number of hydrogen-bond donors (Lipinski definition) is 0. The van der Waals surface area contributed by atoms with Gasteiger partial charge in [0.2, 0.25) is 0 Å². The molecule has 0 N–H and O–H groups in total. The minimum absolute atomic E-state index is 1.19. The maximum absolute atomic E-state index is 3.97. The summed E-state index contributed by atoms with van der Waals surface area (Å²) in [5.74, 6) is 0. The molecular formula is C16H24. The fourth-order valence-electron chi connectivity index (χ4n) is 2.10. The van der Waals surface area contributed by atoms with Crippen molar-refractivity contribution in [1.82, 2.24) is 0 Å². The molecule has 0 heteroatoms. The van der Waals surface area contributed by atoms with Gasteiger partial charge in [-0.3, -0.25) is 0 Å². The lowest BCUT2D eigenvalue weighted by Crippen LogP contribution is -1.96. The van der Waals surface area contributed by atoms with E-state index >= 15 is 0 Å². The average Bonchev–Trinajstić information content (AvgIpc) is 2.33. The van der Waals surface area contributed by atoms with Gasteiger partial charge in [0, 0.05) is 0 Å². The van der Waals surface area contributed by atoms with Gasteiger partial charge in [0.15, 0.2) is 0 Å². The van der Waals surface area contributed by atoms with Crippen LogP contribution in [-0.4, -0.2) is 0 Å². The number of hydrogen-bond acceptors (Lipinski definition) is 0. The van der Waals surface area contributed by atoms with Crippen LogP contribution in [0.1, 0.15) is 56.2 Å². The van der Waals surface area contributed by atoms with E-state index < -0.39 is 0 Å². The second-order valence-electron chi connectivity index (χ2n) is 4.40. The molecule has 1 aromatic carbocycles. The highest BCUT2D eigenvalue weighted by molar-refractivity contribution is 5.56. The molecule has 0 atom stereocenters. The van der Waals surface area contributed by atoms with Crippen molar-refractivity contribution >= 4 is 6.08 Å². The van der Waals surface area contributed by atoms with Gasteiger partial charge in [-0.05, 0) is 42.4 Å². The molecule has 1 aromatic rings. The lowest BCUT2D eigenvalue weighted by atomic mass is 9.94. The van der Waals surface area contributed by atoms with Crippen LogP contribution in [0, 0.1) is 0 Å². The van der Waals surface area contributed by atoms with Crippen LogP contribution in [0.25, 0.3) is 6.08 Å². The SMILES string of the molecule is C=Cc1c(CCCC)cccc1CCCC. The van der Waals surface area contributed by atoms with Crippen LogP contribution in [0.3, 0.4) is 0 Å². The van der Waals surface area contributed by atoms with Gasteiger partial charge in [0.05, 0.1) is 0 Å². The third kappa shape index (κ3) is 3.52. The summed E-state index contributed by atoms with van der Waals surface area (Å²) in [6.07, 6.45) is 9.49. The molecule has 88 valence electrons. The van der Waals surface area contributed by atoms with Crippen molar-refractivity contribution in [3.05, 3.63) is 41.5 Å². The maximum atomic E-state index is 3.97. The maximum Gasteiger partial charge on any atom is -0.0198 e. The lowest BCUT2D eigenvalue weighted by molar-refractivity contribution is 0.778. The first-order valence-electron chi connectivity index (χ1n) is 6.56. The Bertz CT molecular complexity index is 297. The summed E-state index contributed by atoms with van der Waals surface area (Å²) in [4.78, 5) is 0. The van der Waals surface area contributed by atoms with Crippen LogP contribution in [0.4, 0.5) is 0 Å². The minimum atomic E-state index is 1.19. The van der Waals surface area contributed by atoms with Crippen LogP contribution in [-0.2, 0) is 12.8 Å². The van der Waals surface area contributed by atoms with Crippen LogP contribution in [0.2, 0.25) is 0 Å². The van der Waals surface area contributed by atoms with E-state index in [0.29, 0.717) is 0 Å². The molecule has 0 unspecified atom stereocenters. The highest BCUT2D eigenvalue weighted by Gasteiger charge is 2.04. The van der Waals surface area contributed by atoms with Crippen molar-refractivity contribution in [3.8, 4) is 0 Å². The predicted octanol–water partition coefficient (Wildman–Crippen LogP) is 5.01. The molecule has 0 radical (unpaired) electrons. The molecule has 0 nitrogen and oxygen atoms in total. The van der Waals surface area contributed by atoms with E-state index in [9.17, 15) is 0 Å². The predicted molar refractivity (Wildman–Crippen MR) is 73.8 cm³/mol. The Morgan fingerprint density at radius 3 is 1.88 bits per heavy atom. The molecule has 0 bridgehead atoms. The summed E-state index contributed by atoms with van der Waals surface area (Å²) in [5.41, 5.74) is 4.35. The van der Waals surface area contributed by atoms with Crippen LogP contribution in [0.5, 0.6) is 0 Å². The average molecular weight is 216 g/mol. The van der Waals surface area contributed by atoms with E-state index in [4.69, 9.17) is 0 Å². The first kappa shape index (κ1) is 13.0. The molecule has 1 rings (SSSR count). The molecular weight excluding hydrogens is 192 g/mol. The second kappa shape index (κ2) is 7.27. The molecule has 0 aromatic heterocycles. The zero-order valence-corrected chi connectivity index (χ0v) is 10.8. The normalized spacial score (nSPS) is 10.4. The summed E-state index contributed by atoms with van der Waals surface area (Å²) in [6, 6.07) is 6.70. The van der Waals surface area contributed by atoms with Gasteiger partial charge in [0.25, 0.3) is 0 Å². The molecule has 0 fully saturated rings. The summed E-state index contributed by atoms with van der Waals surface area (Å²) >= 11 is 0. The zero-order valence-electron chi connectivity index (χ0n) is 10.8. The van der Waals surface area contributed by atoms with Crippen LogP contribution >= 0.6 is 0 Å². The summed E-state index contributed by atoms with van der Waals surface area (Å²) in [6.45, 7) is 8.46. The Balaban J connectivity index is 2.86. The Morgan fingerprint density at radius 2 is 1.50 bits per heavy atom. The number of aryl methyl sites for hydroxylation is 2. The quantitative estimate of drug-likeness (QED) is 0.600. The van der Waals surface area contributed by atoms with E-state index in [1.165, 1.54) is 55.2 Å². The molecule has 0 saturated heterocycles. The van der Waals surface area contributed by atoms with Gasteiger partial charge in [-0.2, -0.15) is 0 Å². The smallest absolute Gasteiger partial charge is 0.0198 e. The highest BCUT2D eigenvalue weighted by atomic mass is 14.1. The Hall–Kier alpha value is -1.04. The number of unbranched alkanes of at least 4 members (excludes halogenated alkanes) is 2. The Morgan fingerprint density at radius 1 is 1.00 bits per heavy atom. The molecule has 0 aliphatic heterocycles. The Labute approximate surface area is 100 Å². The summed E-state index contributed by atoms with van der Waals surface area (Å²) < 4.78 is 0. The Kier molecular flexibility index (Phi) is 5.92. The van der Waals surface area contributed by atoms with E-state index in [-0.39, 0.29) is 0 Å². The van der Waals surface area contributed by atoms with E-state index in [1.54, 1.807) is 0 Å². The van der Waals surface area contributed by atoms with Crippen molar-refractivity contribution < 1.29 is 0 Å². The van der Waals surface area contributed by atoms with Crippen molar-refractivity contribution in [1.29, 1.82) is 0 Å². The largest absolute Gasteiger partial charge is 0.0984 e. The molecule has 0 aliphatic rings. The van der Waals surface area contributed by atoms with Crippen molar-refractivity contribution in [2.45, 2.75) is 52.4 Å². The van der Waals surface area contributed by atoms with Gasteiger partial charge in [-0.25, -0.2) is 0 Å². The molecule has 0 heterocycles. The molecule has 0 aliphatic carbocycles. The lowest BCUT2D eigenvalue weighted by Gasteiger charge is -2.11. The third-order valence-electron chi connectivity index (χ3n) is 3.09. The van der Waals surface area contributed by atoms with Gasteiger partial charge < -0.3 is 0 Å². The summed E-state index contributed by atoms with van der Waals surface area (Å²) in [5, 5.41) is 0. The van der Waals surface area contributed by atoms with Gasteiger partial charge in [0.1, 0.15) is 0 Å². The first-order valence-corrected chi connectivity index (χ1v) is 6.56. The minimum Gasteiger partial charge on any atom is -0.0984 e. The molecule has 0 saturated carbocycles. The number of benzene rings is 1. The van der Waals surface area contributed by atoms with Crippen molar-refractivity contribution in [2.75, 3.05) is 0 Å². The standard InChI is InChI=1S/C16H24/c1-4-7-10-14-12-9-13-15(11-8-5-2)16(14)6-3/h6,9,12-13H,3-5,7-8,10-11H2,1-2H3. The molecule has 0 spiro atoms. The fraction of sp³-hybridized carbons (Fsp3) is 0.500. The van der Waals surface area contributed by atoms with Crippen molar-refractivity contribution in [2.24, 2.45) is 0 Å². The monoisotopic (exact) mass is 216 g/mol. The fourth-order valence-corrected chi connectivity index (χ4v) is 2.10. The zero-order chi connectivity index (χ0) is 11.8. The van der Waals surface area contributed by atoms with E-state index in [1.807, 2.05) is 6.08 Å². The molecule has 16 heavy (non-hydrogen) atoms. The topological polar surface area (TPSA) is 0 Å². The molecule has 0 amide bonds. The van der Waals surface area contributed by atoms with Crippen LogP contribution in [0.15, 0.2) is 24.8 Å². The van der Waals surface area contributed by atoms with Crippen LogP contribution < -0.4 is 0 Å². The van der Waals surface area contributed by atoms with Crippen molar-refractivity contribution in [3.63, 3.8) is 0 Å².